The molecule has 0 heterocycles. The highest BCUT2D eigenvalue weighted by Gasteiger charge is 2.19. The lowest BCUT2D eigenvalue weighted by atomic mass is 10.3. The van der Waals surface area contributed by atoms with Crippen LogP contribution in [-0.4, -0.2) is 15.5 Å². The van der Waals surface area contributed by atoms with Crippen molar-refractivity contribution in [1.29, 1.82) is 0 Å². The van der Waals surface area contributed by atoms with Crippen molar-refractivity contribution in [3.8, 4) is 5.75 Å². The maximum atomic E-state index is 13.5. The Labute approximate surface area is 115 Å². The maximum absolute atomic E-state index is 13.5. The van der Waals surface area contributed by atoms with E-state index in [4.69, 9.17) is 4.74 Å². The number of hydrogen-bond donors (Lipinski definition) is 1. The van der Waals surface area contributed by atoms with Gasteiger partial charge < -0.3 is 4.74 Å². The van der Waals surface area contributed by atoms with Gasteiger partial charge in [0.1, 0.15) is 10.7 Å². The normalized spacial score (nSPS) is 11.2. The maximum Gasteiger partial charge on any atom is 0.264 e. The molecule has 0 unspecified atom stereocenters. The molecule has 0 bridgehead atoms. The van der Waals surface area contributed by atoms with Gasteiger partial charge in [-0.2, -0.15) is 0 Å². The average Bonchev–Trinajstić information content (AvgIpc) is 2.41. The number of sulfonamides is 1. The molecule has 1 N–H and O–H groups in total. The molecule has 2 aromatic carbocycles. The number of benzene rings is 2. The van der Waals surface area contributed by atoms with E-state index in [2.05, 4.69) is 4.72 Å². The van der Waals surface area contributed by atoms with Crippen LogP contribution in [0.5, 0.6) is 5.75 Å². The third-order valence-corrected chi connectivity index (χ3v) is 3.94. The molecule has 0 atom stereocenters. The second kappa shape index (κ2) is 5.46. The van der Waals surface area contributed by atoms with Gasteiger partial charge in [0.2, 0.25) is 0 Å². The Kier molecular flexibility index (Phi) is 3.89. The van der Waals surface area contributed by atoms with E-state index in [0.717, 1.165) is 18.2 Å². The summed E-state index contributed by atoms with van der Waals surface area (Å²) in [6.45, 7) is 0. The highest BCUT2D eigenvalue weighted by atomic mass is 32.2. The Balaban J connectivity index is 2.36. The molecule has 0 aliphatic rings. The Morgan fingerprint density at radius 1 is 1.05 bits per heavy atom. The second-order valence-electron chi connectivity index (χ2n) is 3.89. The van der Waals surface area contributed by atoms with Crippen molar-refractivity contribution in [2.75, 3.05) is 11.8 Å². The van der Waals surface area contributed by atoms with Crippen LogP contribution in [0.3, 0.4) is 0 Å². The van der Waals surface area contributed by atoms with Gasteiger partial charge in [-0.05, 0) is 24.3 Å². The summed E-state index contributed by atoms with van der Waals surface area (Å²) in [5, 5.41) is 0. The first-order valence-electron chi connectivity index (χ1n) is 5.55. The summed E-state index contributed by atoms with van der Waals surface area (Å²) >= 11 is 0. The summed E-state index contributed by atoms with van der Waals surface area (Å²) in [6.07, 6.45) is 0. The fourth-order valence-corrected chi connectivity index (χ4v) is 2.73. The molecular weight excluding hydrogens is 288 g/mol. The lowest BCUT2D eigenvalue weighted by Gasteiger charge is -2.10. The molecule has 2 aromatic rings. The number of ether oxygens (including phenoxy) is 1. The van der Waals surface area contributed by atoms with Crippen molar-refractivity contribution in [1.82, 2.24) is 0 Å². The van der Waals surface area contributed by atoms with E-state index < -0.39 is 26.6 Å². The zero-order valence-corrected chi connectivity index (χ0v) is 11.2. The van der Waals surface area contributed by atoms with Crippen LogP contribution in [0.2, 0.25) is 0 Å². The average molecular weight is 299 g/mol. The van der Waals surface area contributed by atoms with Crippen molar-refractivity contribution in [2.24, 2.45) is 0 Å². The third kappa shape index (κ3) is 2.88. The molecule has 0 aliphatic carbocycles. The van der Waals surface area contributed by atoms with Gasteiger partial charge in [-0.1, -0.05) is 12.1 Å². The van der Waals surface area contributed by atoms with Gasteiger partial charge in [-0.15, -0.1) is 0 Å². The van der Waals surface area contributed by atoms with Crippen LogP contribution in [0.25, 0.3) is 0 Å². The summed E-state index contributed by atoms with van der Waals surface area (Å²) < 4.78 is 57.7. The van der Waals surface area contributed by atoms with Crippen LogP contribution in [0.1, 0.15) is 0 Å². The molecule has 106 valence electrons. The monoisotopic (exact) mass is 299 g/mol. The predicted octanol–water partition coefficient (Wildman–Crippen LogP) is 2.77. The van der Waals surface area contributed by atoms with E-state index in [0.29, 0.717) is 0 Å². The molecule has 20 heavy (non-hydrogen) atoms. The molecule has 0 fully saturated rings. The first-order chi connectivity index (χ1) is 9.44. The van der Waals surface area contributed by atoms with Gasteiger partial charge in [0.25, 0.3) is 10.0 Å². The van der Waals surface area contributed by atoms with Crippen molar-refractivity contribution >= 4 is 15.7 Å². The Morgan fingerprint density at radius 2 is 1.75 bits per heavy atom. The number of anilines is 1. The van der Waals surface area contributed by atoms with Gasteiger partial charge >= 0.3 is 0 Å². The van der Waals surface area contributed by atoms with E-state index in [1.807, 2.05) is 0 Å². The number of rotatable bonds is 4. The first-order valence-corrected chi connectivity index (χ1v) is 7.03. The zero-order valence-electron chi connectivity index (χ0n) is 10.4. The molecule has 0 aromatic heterocycles. The largest absolute Gasteiger partial charge is 0.494 e. The zero-order chi connectivity index (χ0) is 14.8. The van der Waals surface area contributed by atoms with Crippen LogP contribution in [0.4, 0.5) is 14.5 Å². The van der Waals surface area contributed by atoms with Gasteiger partial charge in [0, 0.05) is 6.07 Å². The van der Waals surface area contributed by atoms with E-state index in [9.17, 15) is 17.2 Å². The highest BCUT2D eigenvalue weighted by Crippen LogP contribution is 2.24. The molecule has 0 saturated heterocycles. The Morgan fingerprint density at radius 3 is 2.40 bits per heavy atom. The van der Waals surface area contributed by atoms with Gasteiger partial charge in [0.15, 0.2) is 11.6 Å². The van der Waals surface area contributed by atoms with Crippen LogP contribution in [0.15, 0.2) is 47.4 Å². The van der Waals surface area contributed by atoms with E-state index >= 15 is 0 Å². The SMILES string of the molecule is COc1cc(NS(=O)(=O)c2ccccc2F)ccc1F. The third-order valence-electron chi connectivity index (χ3n) is 2.53. The Hall–Kier alpha value is -2.15. The summed E-state index contributed by atoms with van der Waals surface area (Å²) in [6, 6.07) is 8.42. The Bertz CT molecular complexity index is 732. The topological polar surface area (TPSA) is 55.4 Å². The van der Waals surface area contributed by atoms with Crippen molar-refractivity contribution in [3.63, 3.8) is 0 Å². The van der Waals surface area contributed by atoms with Crippen LogP contribution in [0, 0.1) is 11.6 Å². The lowest BCUT2D eigenvalue weighted by Crippen LogP contribution is -2.14. The minimum Gasteiger partial charge on any atom is -0.494 e. The molecule has 0 amide bonds. The standard InChI is InChI=1S/C13H11F2NO3S/c1-19-12-8-9(6-7-10(12)14)16-20(17,18)13-5-3-2-4-11(13)15/h2-8,16H,1H3. The van der Waals surface area contributed by atoms with Gasteiger partial charge in [0.05, 0.1) is 12.8 Å². The van der Waals surface area contributed by atoms with Crippen LogP contribution in [-0.2, 0) is 10.0 Å². The second-order valence-corrected chi connectivity index (χ2v) is 5.54. The van der Waals surface area contributed by atoms with Crippen molar-refractivity contribution < 1.29 is 21.9 Å². The number of nitrogens with one attached hydrogen (secondary N) is 1. The molecule has 0 radical (unpaired) electrons. The lowest BCUT2D eigenvalue weighted by molar-refractivity contribution is 0.387. The summed E-state index contributed by atoms with van der Waals surface area (Å²) in [5.41, 5.74) is 0.0755. The molecule has 2 rings (SSSR count). The number of methoxy groups -OCH3 is 1. The van der Waals surface area contributed by atoms with Gasteiger partial charge in [-0.3, -0.25) is 4.72 Å². The van der Waals surface area contributed by atoms with Crippen molar-refractivity contribution in [2.45, 2.75) is 4.90 Å². The highest BCUT2D eigenvalue weighted by molar-refractivity contribution is 7.92. The van der Waals surface area contributed by atoms with Gasteiger partial charge in [-0.25, -0.2) is 17.2 Å². The van der Waals surface area contributed by atoms with E-state index in [1.165, 1.54) is 31.4 Å². The number of hydrogen-bond acceptors (Lipinski definition) is 3. The fraction of sp³-hybridized carbons (Fsp3) is 0.0769. The minimum absolute atomic E-state index is 0.0755. The molecule has 0 spiro atoms. The fourth-order valence-electron chi connectivity index (χ4n) is 1.60. The molecule has 0 aliphatic heterocycles. The molecule has 7 heteroatoms. The molecular formula is C13H11F2NO3S. The quantitative estimate of drug-likeness (QED) is 0.944. The molecule has 0 saturated carbocycles. The smallest absolute Gasteiger partial charge is 0.264 e. The van der Waals surface area contributed by atoms with Crippen LogP contribution >= 0.6 is 0 Å². The van der Waals surface area contributed by atoms with Crippen molar-refractivity contribution in [3.05, 3.63) is 54.1 Å². The first kappa shape index (κ1) is 14.3. The minimum atomic E-state index is -4.08. The number of halogens is 2. The summed E-state index contributed by atoms with van der Waals surface area (Å²) in [4.78, 5) is -0.483. The summed E-state index contributed by atoms with van der Waals surface area (Å²) in [5.74, 6) is -1.60. The molecule has 4 nitrogen and oxygen atoms in total. The predicted molar refractivity (Wildman–Crippen MR) is 70.2 cm³/mol. The van der Waals surface area contributed by atoms with E-state index in [1.54, 1.807) is 0 Å². The van der Waals surface area contributed by atoms with Crippen LogP contribution < -0.4 is 9.46 Å². The summed E-state index contributed by atoms with van der Waals surface area (Å²) in [7, 11) is -2.83. The van der Waals surface area contributed by atoms with E-state index in [-0.39, 0.29) is 11.4 Å².